The van der Waals surface area contributed by atoms with Crippen LogP contribution in [0.4, 0.5) is 5.69 Å². The van der Waals surface area contributed by atoms with Gasteiger partial charge in [0.15, 0.2) is 0 Å². The number of benzene rings is 2. The minimum absolute atomic E-state index is 0.188. The molecule has 2 aromatic carbocycles. The predicted molar refractivity (Wildman–Crippen MR) is 96.8 cm³/mol. The van der Waals surface area contributed by atoms with Gasteiger partial charge in [0, 0.05) is 12.5 Å². The van der Waals surface area contributed by atoms with Gasteiger partial charge in [-0.1, -0.05) is 35.9 Å². The van der Waals surface area contributed by atoms with Crippen molar-refractivity contribution in [2.45, 2.75) is 26.4 Å². The van der Waals surface area contributed by atoms with Gasteiger partial charge in [0.05, 0.1) is 23.9 Å². The standard InChI is InChI=1S/C19H19ClN2O3/c1-3-25-14-9-7-13(8-10-14)11-22-18-15(5-4-6-16(18)20)17(19(22)24)21-12(2)23/h4-10,17H,3,11H2,1-2H3,(H,21,23)/t17-/m1/s1. The van der Waals surface area contributed by atoms with Gasteiger partial charge in [-0.25, -0.2) is 0 Å². The molecule has 1 heterocycles. The molecule has 0 bridgehead atoms. The van der Waals surface area contributed by atoms with E-state index >= 15 is 0 Å². The van der Waals surface area contributed by atoms with Gasteiger partial charge in [-0.15, -0.1) is 0 Å². The van der Waals surface area contributed by atoms with Crippen LogP contribution in [0.25, 0.3) is 0 Å². The molecule has 0 aromatic heterocycles. The summed E-state index contributed by atoms with van der Waals surface area (Å²) in [5.74, 6) is 0.341. The fraction of sp³-hybridized carbons (Fsp3) is 0.263. The highest BCUT2D eigenvalue weighted by molar-refractivity contribution is 6.34. The molecule has 130 valence electrons. The van der Waals surface area contributed by atoms with Gasteiger partial charge in [0.2, 0.25) is 5.91 Å². The van der Waals surface area contributed by atoms with Gasteiger partial charge in [-0.2, -0.15) is 0 Å². The van der Waals surface area contributed by atoms with E-state index in [1.165, 1.54) is 6.92 Å². The van der Waals surface area contributed by atoms with Crippen molar-refractivity contribution in [3.8, 4) is 5.75 Å². The lowest BCUT2D eigenvalue weighted by Gasteiger charge is -2.19. The van der Waals surface area contributed by atoms with E-state index in [4.69, 9.17) is 16.3 Å². The second-order valence-corrected chi connectivity index (χ2v) is 6.22. The SMILES string of the molecule is CCOc1ccc(CN2C(=O)[C@H](NC(C)=O)c3cccc(Cl)c32)cc1. The first-order valence-electron chi connectivity index (χ1n) is 8.10. The van der Waals surface area contributed by atoms with Crippen LogP contribution in [0.2, 0.25) is 5.02 Å². The number of hydrogen-bond donors (Lipinski definition) is 1. The highest BCUT2D eigenvalue weighted by Crippen LogP contribution is 2.41. The summed E-state index contributed by atoms with van der Waals surface area (Å²) < 4.78 is 5.44. The summed E-state index contributed by atoms with van der Waals surface area (Å²) in [5.41, 5.74) is 2.33. The van der Waals surface area contributed by atoms with E-state index in [1.807, 2.05) is 37.3 Å². The molecule has 1 aliphatic heterocycles. The Labute approximate surface area is 151 Å². The van der Waals surface area contributed by atoms with E-state index < -0.39 is 6.04 Å². The topological polar surface area (TPSA) is 58.6 Å². The second kappa shape index (κ2) is 7.15. The molecule has 0 aliphatic carbocycles. The van der Waals surface area contributed by atoms with Crippen LogP contribution in [0.15, 0.2) is 42.5 Å². The Bertz CT molecular complexity index is 805. The molecule has 0 saturated carbocycles. The number of fused-ring (bicyclic) bond motifs is 1. The molecule has 0 radical (unpaired) electrons. The molecule has 0 unspecified atom stereocenters. The van der Waals surface area contributed by atoms with Gasteiger partial charge < -0.3 is 15.0 Å². The number of nitrogens with zero attached hydrogens (tertiary/aromatic N) is 1. The normalized spacial score (nSPS) is 15.9. The minimum atomic E-state index is -0.700. The van der Waals surface area contributed by atoms with Gasteiger partial charge in [0.1, 0.15) is 11.8 Å². The first-order valence-corrected chi connectivity index (χ1v) is 8.47. The molecule has 1 N–H and O–H groups in total. The summed E-state index contributed by atoms with van der Waals surface area (Å²) in [5, 5.41) is 3.20. The van der Waals surface area contributed by atoms with Gasteiger partial charge in [-0.3, -0.25) is 9.59 Å². The number of carbonyl (C=O) groups is 2. The molecule has 2 amide bonds. The summed E-state index contributed by atoms with van der Waals surface area (Å²) >= 11 is 6.34. The smallest absolute Gasteiger partial charge is 0.254 e. The summed E-state index contributed by atoms with van der Waals surface area (Å²) in [7, 11) is 0. The number of amides is 2. The molecule has 2 aromatic rings. The second-order valence-electron chi connectivity index (χ2n) is 5.81. The van der Waals surface area contributed by atoms with Crippen molar-refractivity contribution < 1.29 is 14.3 Å². The summed E-state index contributed by atoms with van der Waals surface area (Å²) in [6.45, 7) is 4.30. The molecular formula is C19H19ClN2O3. The van der Waals surface area contributed by atoms with Crippen molar-refractivity contribution in [3.63, 3.8) is 0 Å². The zero-order valence-corrected chi connectivity index (χ0v) is 14.8. The molecule has 1 aliphatic rings. The van der Waals surface area contributed by atoms with E-state index in [0.29, 0.717) is 23.9 Å². The van der Waals surface area contributed by atoms with E-state index in [1.54, 1.807) is 17.0 Å². The number of halogens is 1. The number of carbonyl (C=O) groups excluding carboxylic acids is 2. The number of hydrogen-bond acceptors (Lipinski definition) is 3. The first-order chi connectivity index (χ1) is 12.0. The fourth-order valence-corrected chi connectivity index (χ4v) is 3.27. The average molecular weight is 359 g/mol. The predicted octanol–water partition coefficient (Wildman–Crippen LogP) is 3.46. The Morgan fingerprint density at radius 1 is 1.24 bits per heavy atom. The van der Waals surface area contributed by atoms with Gasteiger partial charge >= 0.3 is 0 Å². The monoisotopic (exact) mass is 358 g/mol. The van der Waals surface area contributed by atoms with Crippen molar-refractivity contribution in [1.82, 2.24) is 5.32 Å². The molecule has 1 atom stereocenters. The quantitative estimate of drug-likeness (QED) is 0.890. The Kier molecular flexibility index (Phi) is 4.95. The van der Waals surface area contributed by atoms with Crippen molar-refractivity contribution in [3.05, 3.63) is 58.6 Å². The summed E-state index contributed by atoms with van der Waals surface area (Å²) in [6.07, 6.45) is 0. The van der Waals surface area contributed by atoms with Crippen molar-refractivity contribution in [1.29, 1.82) is 0 Å². The number of ether oxygens (including phenoxy) is 1. The summed E-state index contributed by atoms with van der Waals surface area (Å²) in [6, 6.07) is 12.2. The lowest BCUT2D eigenvalue weighted by atomic mass is 10.1. The third-order valence-corrected chi connectivity index (χ3v) is 4.34. The molecule has 0 fully saturated rings. The van der Waals surface area contributed by atoms with Crippen LogP contribution >= 0.6 is 11.6 Å². The van der Waals surface area contributed by atoms with Crippen LogP contribution in [0.1, 0.15) is 31.0 Å². The molecular weight excluding hydrogens is 340 g/mol. The van der Waals surface area contributed by atoms with Crippen LogP contribution in [0.3, 0.4) is 0 Å². The Balaban J connectivity index is 1.91. The van der Waals surface area contributed by atoms with Gasteiger partial charge in [-0.05, 0) is 30.7 Å². The van der Waals surface area contributed by atoms with Crippen molar-refractivity contribution >= 4 is 29.1 Å². The summed E-state index contributed by atoms with van der Waals surface area (Å²) in [4.78, 5) is 25.9. The lowest BCUT2D eigenvalue weighted by Crippen LogP contribution is -2.36. The number of nitrogens with one attached hydrogen (secondary N) is 1. The number of para-hydroxylation sites is 1. The third-order valence-electron chi connectivity index (χ3n) is 4.03. The Hall–Kier alpha value is -2.53. The van der Waals surface area contributed by atoms with Crippen LogP contribution in [-0.4, -0.2) is 18.4 Å². The molecule has 25 heavy (non-hydrogen) atoms. The number of anilines is 1. The Morgan fingerprint density at radius 3 is 2.60 bits per heavy atom. The van der Waals surface area contributed by atoms with E-state index in [9.17, 15) is 9.59 Å². The van der Waals surface area contributed by atoms with E-state index in [0.717, 1.165) is 16.9 Å². The molecule has 3 rings (SSSR count). The van der Waals surface area contributed by atoms with Crippen LogP contribution in [0.5, 0.6) is 5.75 Å². The maximum atomic E-state index is 12.9. The van der Waals surface area contributed by atoms with Crippen molar-refractivity contribution in [2.24, 2.45) is 0 Å². The van der Waals surface area contributed by atoms with Crippen LogP contribution in [-0.2, 0) is 16.1 Å². The van der Waals surface area contributed by atoms with Gasteiger partial charge in [0.25, 0.3) is 5.91 Å². The number of rotatable bonds is 5. The Morgan fingerprint density at radius 2 is 1.96 bits per heavy atom. The minimum Gasteiger partial charge on any atom is -0.494 e. The fourth-order valence-electron chi connectivity index (χ4n) is 2.99. The average Bonchev–Trinajstić information content (AvgIpc) is 2.83. The highest BCUT2D eigenvalue weighted by atomic mass is 35.5. The first kappa shape index (κ1) is 17.3. The zero-order chi connectivity index (χ0) is 18.0. The molecule has 0 saturated heterocycles. The van der Waals surface area contributed by atoms with Crippen LogP contribution in [0, 0.1) is 0 Å². The maximum absolute atomic E-state index is 12.9. The molecule has 5 nitrogen and oxygen atoms in total. The zero-order valence-electron chi connectivity index (χ0n) is 14.1. The highest BCUT2D eigenvalue weighted by Gasteiger charge is 2.39. The largest absolute Gasteiger partial charge is 0.494 e. The maximum Gasteiger partial charge on any atom is 0.254 e. The van der Waals surface area contributed by atoms with E-state index in [2.05, 4.69) is 5.32 Å². The van der Waals surface area contributed by atoms with Crippen molar-refractivity contribution in [2.75, 3.05) is 11.5 Å². The molecule has 6 heteroatoms. The third kappa shape index (κ3) is 3.46. The lowest BCUT2D eigenvalue weighted by molar-refractivity contribution is -0.126. The van der Waals surface area contributed by atoms with Crippen LogP contribution < -0.4 is 15.0 Å². The molecule has 0 spiro atoms. The van der Waals surface area contributed by atoms with E-state index in [-0.39, 0.29) is 11.8 Å².